The number of para-hydroxylation sites is 1. The Morgan fingerprint density at radius 1 is 0.636 bits per heavy atom. The van der Waals surface area contributed by atoms with E-state index >= 15 is 0 Å². The molecule has 6 N–H and O–H groups in total. The fourth-order valence-corrected chi connectivity index (χ4v) is 2.65. The van der Waals surface area contributed by atoms with E-state index in [0.717, 1.165) is 0 Å². The maximum Gasteiger partial charge on any atom is 0.129 e. The van der Waals surface area contributed by atoms with E-state index in [9.17, 15) is 30.6 Å². The molecule has 0 atom stereocenters. The predicted molar refractivity (Wildman–Crippen MR) is 78.9 cm³/mol. The Balaban J connectivity index is 2.92. The highest BCUT2D eigenvalue weighted by atomic mass is 16.3. The van der Waals surface area contributed by atoms with Gasteiger partial charge in [0.15, 0.2) is 0 Å². The number of aliphatic hydroxyl groups is 4. The first kappa shape index (κ1) is 16.3. The quantitative estimate of drug-likeness (QED) is 0.484. The van der Waals surface area contributed by atoms with Gasteiger partial charge in [-0.15, -0.1) is 0 Å². The van der Waals surface area contributed by atoms with E-state index in [1.807, 2.05) is 0 Å². The number of rotatable bonds is 5. The highest BCUT2D eigenvalue weighted by molar-refractivity contribution is 5.81. The summed E-state index contributed by atoms with van der Waals surface area (Å²) in [6.45, 7) is -2.06. The molecule has 0 saturated heterocycles. The number of phenols is 2. The van der Waals surface area contributed by atoms with Crippen molar-refractivity contribution in [1.29, 1.82) is 0 Å². The summed E-state index contributed by atoms with van der Waals surface area (Å²) < 4.78 is 0. The molecular weight excluding hydrogens is 288 g/mol. The topological polar surface area (TPSA) is 121 Å². The van der Waals surface area contributed by atoms with Crippen molar-refractivity contribution < 1.29 is 30.6 Å². The third-order valence-electron chi connectivity index (χ3n) is 3.72. The molecule has 0 radical (unpaired) electrons. The third-order valence-corrected chi connectivity index (χ3v) is 3.72. The van der Waals surface area contributed by atoms with Gasteiger partial charge in [0, 0.05) is 16.7 Å². The van der Waals surface area contributed by atoms with Crippen LogP contribution in [-0.4, -0.2) is 30.6 Å². The standard InChI is InChI=1S/C16H18O6/c17-5-10-11(6-18)13(8-20)16(22)15(12(10)7-19)9-3-1-2-4-14(9)21/h1-4,17-22H,5-8H2. The van der Waals surface area contributed by atoms with Crippen LogP contribution in [0.25, 0.3) is 11.1 Å². The van der Waals surface area contributed by atoms with Crippen LogP contribution in [0.3, 0.4) is 0 Å². The number of hydrogen-bond acceptors (Lipinski definition) is 6. The zero-order valence-corrected chi connectivity index (χ0v) is 11.8. The molecule has 0 aliphatic carbocycles. The summed E-state index contributed by atoms with van der Waals surface area (Å²) in [5.74, 6) is -0.452. The highest BCUT2D eigenvalue weighted by Gasteiger charge is 2.24. The van der Waals surface area contributed by atoms with E-state index in [0.29, 0.717) is 0 Å². The molecule has 6 heteroatoms. The largest absolute Gasteiger partial charge is 0.507 e. The van der Waals surface area contributed by atoms with E-state index in [1.165, 1.54) is 6.07 Å². The molecule has 2 aromatic rings. The van der Waals surface area contributed by atoms with E-state index in [-0.39, 0.29) is 44.9 Å². The van der Waals surface area contributed by atoms with Gasteiger partial charge in [0.05, 0.1) is 26.4 Å². The predicted octanol–water partition coefficient (Wildman–Crippen LogP) is 0.734. The molecule has 2 aromatic carbocycles. The zero-order chi connectivity index (χ0) is 16.3. The van der Waals surface area contributed by atoms with Crippen molar-refractivity contribution in [3.63, 3.8) is 0 Å². The van der Waals surface area contributed by atoms with E-state index in [4.69, 9.17) is 0 Å². The lowest BCUT2D eigenvalue weighted by atomic mass is 9.87. The van der Waals surface area contributed by atoms with Crippen LogP contribution in [0, 0.1) is 0 Å². The first-order chi connectivity index (χ1) is 10.6. The number of benzene rings is 2. The minimum atomic E-state index is -0.555. The number of phenolic OH excluding ortho intramolecular Hbond substituents is 1. The second-order valence-corrected chi connectivity index (χ2v) is 4.79. The first-order valence-electron chi connectivity index (χ1n) is 6.70. The van der Waals surface area contributed by atoms with Gasteiger partial charge in [0.25, 0.3) is 0 Å². The van der Waals surface area contributed by atoms with Gasteiger partial charge < -0.3 is 30.6 Å². The van der Waals surface area contributed by atoms with Gasteiger partial charge in [-0.2, -0.15) is 0 Å². The number of aliphatic hydroxyl groups excluding tert-OH is 4. The van der Waals surface area contributed by atoms with Gasteiger partial charge in [-0.3, -0.25) is 0 Å². The van der Waals surface area contributed by atoms with Crippen LogP contribution in [0.1, 0.15) is 22.3 Å². The molecule has 0 aliphatic heterocycles. The third kappa shape index (κ3) is 2.53. The monoisotopic (exact) mass is 306 g/mol. The Kier molecular flexibility index (Phi) is 4.99. The summed E-state index contributed by atoms with van der Waals surface area (Å²) in [5, 5.41) is 58.6. The molecule has 0 heterocycles. The van der Waals surface area contributed by atoms with Crippen molar-refractivity contribution in [2.75, 3.05) is 0 Å². The van der Waals surface area contributed by atoms with Gasteiger partial charge in [-0.1, -0.05) is 18.2 Å². The summed E-state index contributed by atoms with van der Waals surface area (Å²) in [5.41, 5.74) is 1.05. The molecule has 22 heavy (non-hydrogen) atoms. The van der Waals surface area contributed by atoms with Crippen molar-refractivity contribution in [2.24, 2.45) is 0 Å². The Morgan fingerprint density at radius 3 is 1.64 bits per heavy atom. The molecule has 0 unspecified atom stereocenters. The van der Waals surface area contributed by atoms with Crippen LogP contribution in [0.5, 0.6) is 11.5 Å². The molecule has 0 spiro atoms. The molecule has 0 saturated carbocycles. The van der Waals surface area contributed by atoms with Gasteiger partial charge >= 0.3 is 0 Å². The van der Waals surface area contributed by atoms with Gasteiger partial charge in [0.1, 0.15) is 11.5 Å². The molecule has 0 amide bonds. The van der Waals surface area contributed by atoms with Crippen molar-refractivity contribution >= 4 is 0 Å². The Labute approximate surface area is 127 Å². The Morgan fingerprint density at radius 2 is 1.14 bits per heavy atom. The zero-order valence-electron chi connectivity index (χ0n) is 11.8. The van der Waals surface area contributed by atoms with Crippen molar-refractivity contribution in [2.45, 2.75) is 26.4 Å². The first-order valence-corrected chi connectivity index (χ1v) is 6.70. The fourth-order valence-electron chi connectivity index (χ4n) is 2.65. The molecule has 6 nitrogen and oxygen atoms in total. The lowest BCUT2D eigenvalue weighted by Crippen LogP contribution is -2.08. The van der Waals surface area contributed by atoms with E-state index in [2.05, 4.69) is 0 Å². The normalized spacial score (nSPS) is 10.9. The van der Waals surface area contributed by atoms with E-state index in [1.54, 1.807) is 18.2 Å². The van der Waals surface area contributed by atoms with Gasteiger partial charge in [-0.05, 0) is 22.8 Å². The second-order valence-electron chi connectivity index (χ2n) is 4.79. The Hall–Kier alpha value is -2.12. The van der Waals surface area contributed by atoms with Crippen LogP contribution < -0.4 is 0 Å². The smallest absolute Gasteiger partial charge is 0.129 e. The van der Waals surface area contributed by atoms with Crippen LogP contribution >= 0.6 is 0 Å². The highest BCUT2D eigenvalue weighted by Crippen LogP contribution is 2.43. The minimum Gasteiger partial charge on any atom is -0.507 e. The second kappa shape index (κ2) is 6.76. The van der Waals surface area contributed by atoms with Gasteiger partial charge in [0.2, 0.25) is 0 Å². The van der Waals surface area contributed by atoms with Crippen molar-refractivity contribution in [3.8, 4) is 22.6 Å². The molecular formula is C16H18O6. The Bertz CT molecular complexity index is 681. The summed E-state index contributed by atoms with van der Waals surface area (Å²) in [6, 6.07) is 6.22. The SMILES string of the molecule is OCc1c(O)c(-c2ccccc2O)c(CO)c(CO)c1CO. The van der Waals surface area contributed by atoms with Crippen LogP contribution in [-0.2, 0) is 26.4 Å². The average molecular weight is 306 g/mol. The molecule has 0 bridgehead atoms. The molecule has 0 fully saturated rings. The minimum absolute atomic E-state index is 0.0574. The lowest BCUT2D eigenvalue weighted by molar-refractivity contribution is 0.236. The maximum atomic E-state index is 10.4. The van der Waals surface area contributed by atoms with Crippen LogP contribution in [0.15, 0.2) is 24.3 Å². The molecule has 0 aliphatic rings. The number of hydrogen-bond donors (Lipinski definition) is 6. The molecule has 2 rings (SSSR count). The summed E-state index contributed by atoms with van der Waals surface area (Å²) >= 11 is 0. The van der Waals surface area contributed by atoms with E-state index < -0.39 is 26.4 Å². The summed E-state index contributed by atoms with van der Waals surface area (Å²) in [6.07, 6.45) is 0. The van der Waals surface area contributed by atoms with Crippen LogP contribution in [0.4, 0.5) is 0 Å². The van der Waals surface area contributed by atoms with Crippen molar-refractivity contribution in [3.05, 3.63) is 46.5 Å². The maximum absolute atomic E-state index is 10.4. The number of aromatic hydroxyl groups is 2. The molecule has 0 aromatic heterocycles. The van der Waals surface area contributed by atoms with Gasteiger partial charge in [-0.25, -0.2) is 0 Å². The van der Waals surface area contributed by atoms with Crippen molar-refractivity contribution in [1.82, 2.24) is 0 Å². The summed E-state index contributed by atoms with van der Waals surface area (Å²) in [4.78, 5) is 0. The fraction of sp³-hybridized carbons (Fsp3) is 0.250. The summed E-state index contributed by atoms with van der Waals surface area (Å²) in [7, 11) is 0. The lowest BCUT2D eigenvalue weighted by Gasteiger charge is -2.21. The van der Waals surface area contributed by atoms with Crippen LogP contribution in [0.2, 0.25) is 0 Å². The molecule has 118 valence electrons. The average Bonchev–Trinajstić information content (AvgIpc) is 2.54.